The number of benzene rings is 1. The van der Waals surface area contributed by atoms with Crippen LogP contribution >= 0.6 is 0 Å². The molecule has 0 saturated heterocycles. The molecule has 0 aliphatic rings. The molecule has 0 amide bonds. The van der Waals surface area contributed by atoms with E-state index >= 15 is 0 Å². The van der Waals surface area contributed by atoms with Gasteiger partial charge in [-0.2, -0.15) is 8.42 Å². The molecule has 94 valence electrons. The van der Waals surface area contributed by atoms with Gasteiger partial charge < -0.3 is 5.11 Å². The first kappa shape index (κ1) is 17.6. The van der Waals surface area contributed by atoms with Crippen LogP contribution < -0.4 is 29.6 Å². The summed E-state index contributed by atoms with van der Waals surface area (Å²) in [6, 6.07) is 6.18. The van der Waals surface area contributed by atoms with Gasteiger partial charge in [0, 0.05) is 0 Å². The molecule has 0 bridgehead atoms. The zero-order valence-electron chi connectivity index (χ0n) is 10.6. The van der Waals surface area contributed by atoms with Gasteiger partial charge in [-0.1, -0.05) is 26.0 Å². The van der Waals surface area contributed by atoms with Crippen LogP contribution in [0.4, 0.5) is 0 Å². The van der Waals surface area contributed by atoms with Crippen molar-refractivity contribution in [1.82, 2.24) is 0 Å². The molecule has 0 aliphatic heterocycles. The van der Waals surface area contributed by atoms with Crippen LogP contribution in [0.3, 0.4) is 0 Å². The standard InChI is InChI=1S/C11H14O5S.Na/c1-8(2)9-3-5-10(6-4-9)17(14,15)16-7-11(12)13;/h3-6,8H,7H2,1-2H3,(H,12,13);/q;+1. The van der Waals surface area contributed by atoms with Gasteiger partial charge in [0.05, 0.1) is 4.90 Å². The summed E-state index contributed by atoms with van der Waals surface area (Å²) in [4.78, 5) is 10.2. The summed E-state index contributed by atoms with van der Waals surface area (Å²) in [6.07, 6.45) is 0. The number of carboxylic acid groups (broad SMARTS) is 1. The Hall–Kier alpha value is -0.400. The summed E-state index contributed by atoms with van der Waals surface area (Å²) in [5.41, 5.74) is 1.00. The quantitative estimate of drug-likeness (QED) is 0.530. The topological polar surface area (TPSA) is 80.7 Å². The van der Waals surface area contributed by atoms with Crippen LogP contribution in [-0.4, -0.2) is 26.1 Å². The van der Waals surface area contributed by atoms with Crippen molar-refractivity contribution in [3.8, 4) is 0 Å². The Bertz CT molecular complexity index is 493. The molecule has 1 aromatic rings. The maximum Gasteiger partial charge on any atom is 1.00 e. The molecule has 0 spiro atoms. The summed E-state index contributed by atoms with van der Waals surface area (Å²) in [7, 11) is -3.98. The molecule has 0 unspecified atom stereocenters. The number of aliphatic carboxylic acids is 1. The molecule has 0 fully saturated rings. The molecule has 18 heavy (non-hydrogen) atoms. The van der Waals surface area contributed by atoms with E-state index in [0.29, 0.717) is 5.92 Å². The third-order valence-electron chi connectivity index (χ3n) is 2.17. The third kappa shape index (κ3) is 5.07. The molecular weight excluding hydrogens is 267 g/mol. The van der Waals surface area contributed by atoms with Crippen LogP contribution in [0.25, 0.3) is 0 Å². The normalized spacial score (nSPS) is 11.1. The number of hydrogen-bond acceptors (Lipinski definition) is 4. The Morgan fingerprint density at radius 3 is 2.17 bits per heavy atom. The van der Waals surface area contributed by atoms with Gasteiger partial charge in [0.25, 0.3) is 10.1 Å². The number of carboxylic acids is 1. The van der Waals surface area contributed by atoms with Gasteiger partial charge in [-0.3, -0.25) is 4.18 Å². The minimum atomic E-state index is -3.98. The van der Waals surface area contributed by atoms with Crippen molar-refractivity contribution in [2.24, 2.45) is 0 Å². The van der Waals surface area contributed by atoms with E-state index in [2.05, 4.69) is 4.18 Å². The third-order valence-corrected chi connectivity index (χ3v) is 3.45. The molecule has 1 N–H and O–H groups in total. The molecule has 0 radical (unpaired) electrons. The first-order chi connectivity index (χ1) is 7.83. The van der Waals surface area contributed by atoms with E-state index in [1.165, 1.54) is 12.1 Å². The second kappa shape index (κ2) is 7.25. The predicted octanol–water partition coefficient (Wildman–Crippen LogP) is -1.40. The van der Waals surface area contributed by atoms with Gasteiger partial charge in [0.15, 0.2) is 6.61 Å². The number of hydrogen-bond donors (Lipinski definition) is 1. The van der Waals surface area contributed by atoms with E-state index in [9.17, 15) is 13.2 Å². The molecule has 0 atom stereocenters. The van der Waals surface area contributed by atoms with Crippen molar-refractivity contribution in [2.45, 2.75) is 24.7 Å². The monoisotopic (exact) mass is 281 g/mol. The Morgan fingerprint density at radius 2 is 1.78 bits per heavy atom. The van der Waals surface area contributed by atoms with Crippen LogP contribution in [0, 0.1) is 0 Å². The van der Waals surface area contributed by atoms with Gasteiger partial charge in [-0.25, -0.2) is 4.79 Å². The van der Waals surface area contributed by atoms with Gasteiger partial charge in [-0.05, 0) is 23.6 Å². The van der Waals surface area contributed by atoms with Crippen LogP contribution in [-0.2, 0) is 19.1 Å². The maximum atomic E-state index is 11.5. The smallest absolute Gasteiger partial charge is 0.479 e. The fourth-order valence-electron chi connectivity index (χ4n) is 1.22. The summed E-state index contributed by atoms with van der Waals surface area (Å²) < 4.78 is 27.4. The molecule has 0 saturated carbocycles. The van der Waals surface area contributed by atoms with Crippen molar-refractivity contribution in [2.75, 3.05) is 6.61 Å². The second-order valence-electron chi connectivity index (χ2n) is 3.83. The largest absolute Gasteiger partial charge is 1.00 e. The fourth-order valence-corrected chi connectivity index (χ4v) is 2.08. The van der Waals surface area contributed by atoms with Crippen LogP contribution in [0.2, 0.25) is 0 Å². The van der Waals surface area contributed by atoms with E-state index in [1.54, 1.807) is 12.1 Å². The summed E-state index contributed by atoms with van der Waals surface area (Å²) >= 11 is 0. The van der Waals surface area contributed by atoms with Crippen molar-refractivity contribution in [3.05, 3.63) is 29.8 Å². The Kier molecular flexibility index (Phi) is 7.09. The first-order valence-corrected chi connectivity index (χ1v) is 6.45. The average Bonchev–Trinajstić information content (AvgIpc) is 2.27. The first-order valence-electron chi connectivity index (χ1n) is 5.04. The van der Waals surface area contributed by atoms with Crippen molar-refractivity contribution in [1.29, 1.82) is 0 Å². The molecular formula is C11H14NaO5S+. The Labute approximate surface area is 129 Å². The molecule has 1 rings (SSSR count). The summed E-state index contributed by atoms with van der Waals surface area (Å²) in [5.74, 6) is -1.03. The fraction of sp³-hybridized carbons (Fsp3) is 0.364. The van der Waals surface area contributed by atoms with Gasteiger partial charge in [0.1, 0.15) is 0 Å². The average molecular weight is 281 g/mol. The second-order valence-corrected chi connectivity index (χ2v) is 5.45. The minimum Gasteiger partial charge on any atom is -0.479 e. The summed E-state index contributed by atoms with van der Waals surface area (Å²) in [6.45, 7) is 3.11. The maximum absolute atomic E-state index is 11.5. The number of carbonyl (C=O) groups is 1. The van der Waals surface area contributed by atoms with Crippen LogP contribution in [0.1, 0.15) is 25.3 Å². The number of rotatable bonds is 5. The SMILES string of the molecule is CC(C)c1ccc(S(=O)(=O)OCC(=O)O)cc1.[Na+]. The van der Waals surface area contributed by atoms with Crippen LogP contribution in [0.5, 0.6) is 0 Å². The van der Waals surface area contributed by atoms with Gasteiger partial charge in [-0.15, -0.1) is 0 Å². The molecule has 1 aromatic carbocycles. The zero-order chi connectivity index (χ0) is 13.1. The molecule has 0 aliphatic carbocycles. The van der Waals surface area contributed by atoms with Gasteiger partial charge in [0.2, 0.25) is 0 Å². The van der Waals surface area contributed by atoms with Crippen molar-refractivity contribution in [3.63, 3.8) is 0 Å². The Morgan fingerprint density at radius 1 is 1.28 bits per heavy atom. The van der Waals surface area contributed by atoms with E-state index in [0.717, 1.165) is 5.56 Å². The Balaban J connectivity index is 0.00000289. The van der Waals surface area contributed by atoms with E-state index in [-0.39, 0.29) is 34.5 Å². The minimum absolute atomic E-state index is 0. The molecule has 0 heterocycles. The van der Waals surface area contributed by atoms with Crippen LogP contribution in [0.15, 0.2) is 29.2 Å². The van der Waals surface area contributed by atoms with E-state index in [4.69, 9.17) is 5.11 Å². The predicted molar refractivity (Wildman–Crippen MR) is 61.3 cm³/mol. The summed E-state index contributed by atoms with van der Waals surface area (Å²) in [5, 5.41) is 8.35. The van der Waals surface area contributed by atoms with E-state index in [1.807, 2.05) is 13.8 Å². The zero-order valence-corrected chi connectivity index (χ0v) is 13.4. The van der Waals surface area contributed by atoms with Crippen molar-refractivity contribution >= 4 is 16.1 Å². The molecule has 7 heteroatoms. The van der Waals surface area contributed by atoms with Crippen molar-refractivity contribution < 1.29 is 52.1 Å². The van der Waals surface area contributed by atoms with Gasteiger partial charge >= 0.3 is 35.5 Å². The molecule has 5 nitrogen and oxygen atoms in total. The van der Waals surface area contributed by atoms with E-state index < -0.39 is 22.7 Å². The molecule has 0 aromatic heterocycles.